The molecule has 2 amide bonds. The molecule has 2 aromatic rings. The lowest BCUT2D eigenvalue weighted by molar-refractivity contribution is -0.132. The second-order valence-corrected chi connectivity index (χ2v) is 8.61. The molecule has 1 saturated heterocycles. The largest absolute Gasteiger partial charge is 0.350 e. The molecule has 6 heteroatoms. The first kappa shape index (κ1) is 18.6. The van der Waals surface area contributed by atoms with Gasteiger partial charge in [0, 0.05) is 29.4 Å². The zero-order valence-electron chi connectivity index (χ0n) is 15.7. The van der Waals surface area contributed by atoms with E-state index in [9.17, 15) is 9.59 Å². The highest BCUT2D eigenvalue weighted by Gasteiger charge is 2.39. The van der Waals surface area contributed by atoms with Crippen molar-refractivity contribution in [3.05, 3.63) is 40.9 Å². The van der Waals surface area contributed by atoms with Crippen LogP contribution >= 0.6 is 11.3 Å². The molecule has 1 aromatic heterocycles. The van der Waals surface area contributed by atoms with Gasteiger partial charge in [0.25, 0.3) is 0 Å². The molecule has 0 spiro atoms. The highest BCUT2D eigenvalue weighted by atomic mass is 32.1. The number of rotatable bonds is 4. The quantitative estimate of drug-likeness (QED) is 0.896. The van der Waals surface area contributed by atoms with Gasteiger partial charge in [-0.3, -0.25) is 9.59 Å². The Bertz CT molecular complexity index is 822. The second-order valence-electron chi connectivity index (χ2n) is 7.75. The first-order valence-electron chi connectivity index (χ1n) is 8.84. The van der Waals surface area contributed by atoms with Crippen molar-refractivity contribution in [2.24, 2.45) is 5.92 Å². The summed E-state index contributed by atoms with van der Waals surface area (Å²) in [6, 6.07) is 8.14. The fraction of sp³-hybridized carbons (Fsp3) is 0.450. The van der Waals surface area contributed by atoms with Crippen molar-refractivity contribution in [1.82, 2.24) is 15.2 Å². The van der Waals surface area contributed by atoms with Crippen LogP contribution in [0.1, 0.15) is 38.4 Å². The van der Waals surface area contributed by atoms with Gasteiger partial charge in [-0.2, -0.15) is 0 Å². The van der Waals surface area contributed by atoms with Gasteiger partial charge in [-0.1, -0.05) is 24.3 Å². The lowest BCUT2D eigenvalue weighted by Gasteiger charge is -2.31. The molecule has 1 atom stereocenters. The van der Waals surface area contributed by atoms with Gasteiger partial charge >= 0.3 is 0 Å². The van der Waals surface area contributed by atoms with E-state index in [1.165, 1.54) is 5.56 Å². The fourth-order valence-corrected chi connectivity index (χ4v) is 4.09. The summed E-state index contributed by atoms with van der Waals surface area (Å²) in [6.45, 7) is 8.92. The number of aromatic nitrogens is 1. The minimum absolute atomic E-state index is 0.0492. The average molecular weight is 372 g/mol. The molecule has 1 aromatic carbocycles. The molecule has 0 bridgehead atoms. The maximum Gasteiger partial charge on any atom is 0.225 e. The number of hydrogen-bond acceptors (Lipinski definition) is 4. The third kappa shape index (κ3) is 3.96. The predicted octanol–water partition coefficient (Wildman–Crippen LogP) is 3.38. The van der Waals surface area contributed by atoms with E-state index >= 15 is 0 Å². The highest BCUT2D eigenvalue weighted by Crippen LogP contribution is 2.27. The summed E-state index contributed by atoms with van der Waals surface area (Å²) in [7, 11) is 0. The van der Waals surface area contributed by atoms with Crippen molar-refractivity contribution < 1.29 is 9.59 Å². The van der Waals surface area contributed by atoms with Crippen LogP contribution < -0.4 is 5.32 Å². The van der Waals surface area contributed by atoms with Gasteiger partial charge in [-0.25, -0.2) is 4.98 Å². The number of benzene rings is 1. The van der Waals surface area contributed by atoms with E-state index in [0.717, 1.165) is 16.3 Å². The SMILES string of the molecule is Cc1ccccc1-c1nc(CNC(=O)C2CC(=O)N(C(C)(C)C)C2)cs1. The van der Waals surface area contributed by atoms with Gasteiger partial charge in [0.1, 0.15) is 5.01 Å². The summed E-state index contributed by atoms with van der Waals surface area (Å²) in [5, 5.41) is 5.88. The van der Waals surface area contributed by atoms with Crippen molar-refractivity contribution in [1.29, 1.82) is 0 Å². The molecular weight excluding hydrogens is 346 g/mol. The second kappa shape index (κ2) is 7.19. The van der Waals surface area contributed by atoms with Gasteiger partial charge in [0.05, 0.1) is 18.2 Å². The Morgan fingerprint density at radius 1 is 1.35 bits per heavy atom. The van der Waals surface area contributed by atoms with Crippen LogP contribution in [0.3, 0.4) is 0 Å². The Kier molecular flexibility index (Phi) is 5.14. The van der Waals surface area contributed by atoms with Crippen LogP contribution in [0.15, 0.2) is 29.6 Å². The van der Waals surface area contributed by atoms with Gasteiger partial charge in [-0.05, 0) is 33.3 Å². The third-order valence-electron chi connectivity index (χ3n) is 4.68. The Morgan fingerprint density at radius 2 is 2.08 bits per heavy atom. The first-order chi connectivity index (χ1) is 12.3. The topological polar surface area (TPSA) is 62.3 Å². The average Bonchev–Trinajstić information content (AvgIpc) is 3.19. The number of amides is 2. The number of nitrogens with one attached hydrogen (secondary N) is 1. The summed E-state index contributed by atoms with van der Waals surface area (Å²) in [5.41, 5.74) is 2.91. The zero-order chi connectivity index (χ0) is 18.9. The van der Waals surface area contributed by atoms with E-state index in [1.807, 2.05) is 38.3 Å². The number of likely N-dealkylation sites (tertiary alicyclic amines) is 1. The number of thiazole rings is 1. The predicted molar refractivity (Wildman–Crippen MR) is 104 cm³/mol. The summed E-state index contributed by atoms with van der Waals surface area (Å²) in [6.07, 6.45) is 0.286. The minimum Gasteiger partial charge on any atom is -0.350 e. The molecule has 1 N–H and O–H groups in total. The Hall–Kier alpha value is -2.21. The number of hydrogen-bond donors (Lipinski definition) is 1. The molecular formula is C20H25N3O2S. The van der Waals surface area contributed by atoms with E-state index in [0.29, 0.717) is 13.1 Å². The van der Waals surface area contributed by atoms with Gasteiger partial charge in [0.15, 0.2) is 0 Å². The monoisotopic (exact) mass is 371 g/mol. The van der Waals surface area contributed by atoms with Crippen molar-refractivity contribution in [3.8, 4) is 10.6 Å². The summed E-state index contributed by atoms with van der Waals surface area (Å²) < 4.78 is 0. The standard InChI is InChI=1S/C20H25N3O2S/c1-13-7-5-6-8-16(13)19-22-15(12-26-19)10-21-18(25)14-9-17(24)23(11-14)20(2,3)4/h5-8,12,14H,9-11H2,1-4H3,(H,21,25). The normalized spacial score (nSPS) is 17.6. The summed E-state index contributed by atoms with van der Waals surface area (Å²) >= 11 is 1.58. The maximum absolute atomic E-state index is 12.5. The van der Waals surface area contributed by atoms with Crippen molar-refractivity contribution in [2.75, 3.05) is 6.54 Å². The highest BCUT2D eigenvalue weighted by molar-refractivity contribution is 7.13. The Morgan fingerprint density at radius 3 is 2.73 bits per heavy atom. The van der Waals surface area contributed by atoms with Crippen molar-refractivity contribution in [2.45, 2.75) is 46.2 Å². The molecule has 0 aliphatic carbocycles. The van der Waals surface area contributed by atoms with Crippen LogP contribution in [0.4, 0.5) is 0 Å². The van der Waals surface area contributed by atoms with Crippen LogP contribution in [0.2, 0.25) is 0 Å². The van der Waals surface area contributed by atoms with Gasteiger partial charge < -0.3 is 10.2 Å². The molecule has 3 rings (SSSR count). The molecule has 2 heterocycles. The van der Waals surface area contributed by atoms with E-state index in [4.69, 9.17) is 0 Å². The molecule has 1 aliphatic heterocycles. The zero-order valence-corrected chi connectivity index (χ0v) is 16.5. The number of nitrogens with zero attached hydrogens (tertiary/aromatic N) is 2. The van der Waals surface area contributed by atoms with E-state index < -0.39 is 0 Å². The lowest BCUT2D eigenvalue weighted by Crippen LogP contribution is -2.43. The number of carbonyl (C=O) groups excluding carboxylic acids is 2. The molecule has 5 nitrogen and oxygen atoms in total. The third-order valence-corrected chi connectivity index (χ3v) is 5.60. The van der Waals surface area contributed by atoms with E-state index in [1.54, 1.807) is 16.2 Å². The lowest BCUT2D eigenvalue weighted by atomic mass is 10.1. The van der Waals surface area contributed by atoms with Crippen LogP contribution in [-0.4, -0.2) is 33.8 Å². The Labute approximate surface area is 158 Å². The van der Waals surface area contributed by atoms with Gasteiger partial charge in [0.2, 0.25) is 11.8 Å². The minimum atomic E-state index is -0.281. The molecule has 1 unspecified atom stereocenters. The van der Waals surface area contributed by atoms with E-state index in [2.05, 4.69) is 29.4 Å². The maximum atomic E-state index is 12.5. The van der Waals surface area contributed by atoms with Crippen LogP contribution in [0, 0.1) is 12.8 Å². The summed E-state index contributed by atoms with van der Waals surface area (Å²) in [4.78, 5) is 31.0. The van der Waals surface area contributed by atoms with Crippen LogP contribution in [0.25, 0.3) is 10.6 Å². The molecule has 0 radical (unpaired) electrons. The fourth-order valence-electron chi connectivity index (χ4n) is 3.18. The molecule has 26 heavy (non-hydrogen) atoms. The Balaban J connectivity index is 1.59. The van der Waals surface area contributed by atoms with E-state index in [-0.39, 0.29) is 29.7 Å². The first-order valence-corrected chi connectivity index (χ1v) is 9.72. The molecule has 0 saturated carbocycles. The summed E-state index contributed by atoms with van der Waals surface area (Å²) in [5.74, 6) is -0.306. The number of carbonyl (C=O) groups is 2. The van der Waals surface area contributed by atoms with Crippen molar-refractivity contribution in [3.63, 3.8) is 0 Å². The van der Waals surface area contributed by atoms with Crippen LogP contribution in [0.5, 0.6) is 0 Å². The molecule has 1 fully saturated rings. The van der Waals surface area contributed by atoms with Crippen molar-refractivity contribution >= 4 is 23.2 Å². The molecule has 138 valence electrons. The van der Waals surface area contributed by atoms with Crippen LogP contribution in [-0.2, 0) is 16.1 Å². The van der Waals surface area contributed by atoms with Gasteiger partial charge in [-0.15, -0.1) is 11.3 Å². The number of aryl methyl sites for hydroxylation is 1. The smallest absolute Gasteiger partial charge is 0.225 e. The molecule has 1 aliphatic rings.